The first kappa shape index (κ1) is 27.1. The molecule has 8 heteroatoms. The summed E-state index contributed by atoms with van der Waals surface area (Å²) in [6, 6.07) is 16.7. The first-order valence-electron chi connectivity index (χ1n) is 13.7. The van der Waals surface area contributed by atoms with Crippen molar-refractivity contribution in [3.8, 4) is 0 Å². The number of benzene rings is 2. The van der Waals surface area contributed by atoms with Crippen molar-refractivity contribution >= 4 is 12.2 Å². The van der Waals surface area contributed by atoms with E-state index in [0.717, 1.165) is 48.5 Å². The van der Waals surface area contributed by atoms with E-state index in [-0.39, 0.29) is 0 Å². The standard InChI is InChI=1S/C30H38N8/c1-3-25-15-19-27(20-16-25)23-37-29(31-33-35-37)13-11-9-7-5-6-8-10-12-14-30-32-34-36-38(30)24-28-21-17-26(4-2)18-22-28/h3-4,15-22H,1-2,5-14,23-24H2. The summed E-state index contributed by atoms with van der Waals surface area (Å²) in [5.41, 5.74) is 4.63. The number of hydrogen-bond donors (Lipinski definition) is 0. The van der Waals surface area contributed by atoms with Gasteiger partial charge in [-0.25, -0.2) is 9.36 Å². The van der Waals surface area contributed by atoms with Gasteiger partial charge < -0.3 is 0 Å². The van der Waals surface area contributed by atoms with Crippen molar-refractivity contribution in [3.63, 3.8) is 0 Å². The second kappa shape index (κ2) is 14.7. The molecule has 198 valence electrons. The van der Waals surface area contributed by atoms with Gasteiger partial charge in [0.2, 0.25) is 0 Å². The molecule has 0 spiro atoms. The summed E-state index contributed by atoms with van der Waals surface area (Å²) in [6.07, 6.45) is 15.3. The zero-order valence-corrected chi connectivity index (χ0v) is 22.3. The van der Waals surface area contributed by atoms with Crippen LogP contribution in [0.25, 0.3) is 12.2 Å². The van der Waals surface area contributed by atoms with Gasteiger partial charge in [-0.15, -0.1) is 10.2 Å². The van der Waals surface area contributed by atoms with Crippen molar-refractivity contribution in [2.45, 2.75) is 77.3 Å². The lowest BCUT2D eigenvalue weighted by atomic mass is 10.1. The molecule has 4 rings (SSSR count). The molecular formula is C30H38N8. The Balaban J connectivity index is 1.05. The lowest BCUT2D eigenvalue weighted by molar-refractivity contribution is 0.545. The Morgan fingerprint density at radius 2 is 0.895 bits per heavy atom. The Kier molecular flexibility index (Phi) is 10.5. The summed E-state index contributed by atoms with van der Waals surface area (Å²) in [5.74, 6) is 1.93. The van der Waals surface area contributed by atoms with Crippen molar-refractivity contribution in [2.24, 2.45) is 0 Å². The van der Waals surface area contributed by atoms with Crippen LogP contribution in [0.4, 0.5) is 0 Å². The van der Waals surface area contributed by atoms with Crippen LogP contribution in [0.3, 0.4) is 0 Å². The third kappa shape index (κ3) is 8.30. The zero-order valence-electron chi connectivity index (χ0n) is 22.3. The number of nitrogens with zero attached hydrogens (tertiary/aromatic N) is 8. The van der Waals surface area contributed by atoms with Crippen LogP contribution in [0.2, 0.25) is 0 Å². The summed E-state index contributed by atoms with van der Waals surface area (Å²) < 4.78 is 3.83. The summed E-state index contributed by atoms with van der Waals surface area (Å²) in [4.78, 5) is 0. The fraction of sp³-hybridized carbons (Fsp3) is 0.400. The number of aromatic nitrogens is 8. The average molecular weight is 511 g/mol. The Morgan fingerprint density at radius 1 is 0.526 bits per heavy atom. The minimum atomic E-state index is 0.703. The van der Waals surface area contributed by atoms with Crippen LogP contribution in [0, 0.1) is 0 Å². The fourth-order valence-electron chi connectivity index (χ4n) is 4.54. The van der Waals surface area contributed by atoms with E-state index in [1.807, 2.05) is 21.5 Å². The monoisotopic (exact) mass is 510 g/mol. The predicted octanol–water partition coefficient (Wildman–Crippen LogP) is 5.95. The first-order chi connectivity index (χ1) is 18.7. The minimum Gasteiger partial charge on any atom is -0.225 e. The van der Waals surface area contributed by atoms with Crippen LogP contribution in [-0.4, -0.2) is 40.4 Å². The maximum Gasteiger partial charge on any atom is 0.151 e. The second-order valence-electron chi connectivity index (χ2n) is 9.73. The van der Waals surface area contributed by atoms with Gasteiger partial charge in [-0.1, -0.05) is 112 Å². The number of unbranched alkanes of at least 4 members (excludes halogenated alkanes) is 7. The molecule has 0 atom stereocenters. The molecule has 0 radical (unpaired) electrons. The zero-order chi connectivity index (χ0) is 26.4. The molecule has 0 aliphatic rings. The average Bonchev–Trinajstić information content (AvgIpc) is 3.59. The van der Waals surface area contributed by atoms with E-state index in [4.69, 9.17) is 0 Å². The lowest BCUT2D eigenvalue weighted by Crippen LogP contribution is -2.07. The first-order valence-corrected chi connectivity index (χ1v) is 13.7. The topological polar surface area (TPSA) is 87.2 Å². The van der Waals surface area contributed by atoms with E-state index >= 15 is 0 Å². The van der Waals surface area contributed by atoms with E-state index in [1.54, 1.807) is 0 Å². The van der Waals surface area contributed by atoms with Crippen LogP contribution in [0.5, 0.6) is 0 Å². The maximum atomic E-state index is 4.24. The molecule has 0 aliphatic carbocycles. The molecule has 0 saturated carbocycles. The summed E-state index contributed by atoms with van der Waals surface area (Å²) in [6.45, 7) is 9.02. The van der Waals surface area contributed by atoms with Crippen molar-refractivity contribution in [1.29, 1.82) is 0 Å². The SMILES string of the molecule is C=Cc1ccc(Cn2nnnc2CCCCCCCCCCc2nnnn2Cc2ccc(C=C)cc2)cc1. The van der Waals surface area contributed by atoms with Gasteiger partial charge in [-0.3, -0.25) is 0 Å². The normalized spacial score (nSPS) is 11.1. The molecule has 0 bridgehead atoms. The van der Waals surface area contributed by atoms with Crippen molar-refractivity contribution in [2.75, 3.05) is 0 Å². The van der Waals surface area contributed by atoms with E-state index in [1.165, 1.54) is 49.7 Å². The molecule has 2 aromatic carbocycles. The lowest BCUT2D eigenvalue weighted by Gasteiger charge is -2.06. The van der Waals surface area contributed by atoms with Crippen LogP contribution >= 0.6 is 0 Å². The van der Waals surface area contributed by atoms with Crippen LogP contribution in [0.15, 0.2) is 61.7 Å². The van der Waals surface area contributed by atoms with Gasteiger partial charge in [0.15, 0.2) is 11.6 Å². The third-order valence-electron chi connectivity index (χ3n) is 6.86. The van der Waals surface area contributed by atoms with E-state index in [2.05, 4.69) is 92.7 Å². The van der Waals surface area contributed by atoms with Gasteiger partial charge in [-0.05, 0) is 55.9 Å². The Hall–Kier alpha value is -3.94. The van der Waals surface area contributed by atoms with Crippen LogP contribution in [0.1, 0.15) is 85.3 Å². The molecule has 2 aromatic heterocycles. The molecule has 0 fully saturated rings. The molecule has 2 heterocycles. The fourth-order valence-corrected chi connectivity index (χ4v) is 4.54. The summed E-state index contributed by atoms with van der Waals surface area (Å²) in [7, 11) is 0. The van der Waals surface area contributed by atoms with Crippen molar-refractivity contribution in [1.82, 2.24) is 40.4 Å². The van der Waals surface area contributed by atoms with Gasteiger partial charge in [-0.2, -0.15) is 0 Å². The van der Waals surface area contributed by atoms with E-state index < -0.39 is 0 Å². The van der Waals surface area contributed by atoms with Gasteiger partial charge in [0.05, 0.1) is 13.1 Å². The molecule has 0 aliphatic heterocycles. The number of rotatable bonds is 17. The quantitative estimate of drug-likeness (QED) is 0.163. The number of aryl methyl sites for hydroxylation is 2. The molecule has 4 aromatic rings. The Labute approximate surface area is 225 Å². The highest BCUT2D eigenvalue weighted by molar-refractivity contribution is 5.47. The number of tetrazole rings is 2. The second-order valence-corrected chi connectivity index (χ2v) is 9.73. The molecular weight excluding hydrogens is 472 g/mol. The van der Waals surface area contributed by atoms with Crippen LogP contribution < -0.4 is 0 Å². The Morgan fingerprint density at radius 3 is 1.26 bits per heavy atom. The Bertz CT molecular complexity index is 1150. The predicted molar refractivity (Wildman–Crippen MR) is 151 cm³/mol. The van der Waals surface area contributed by atoms with E-state index in [9.17, 15) is 0 Å². The van der Waals surface area contributed by atoms with E-state index in [0.29, 0.717) is 13.1 Å². The molecule has 0 unspecified atom stereocenters. The highest BCUT2D eigenvalue weighted by Gasteiger charge is 2.08. The van der Waals surface area contributed by atoms with Crippen LogP contribution in [-0.2, 0) is 25.9 Å². The van der Waals surface area contributed by atoms with Gasteiger partial charge in [0, 0.05) is 12.8 Å². The molecule has 0 N–H and O–H groups in total. The molecule has 8 nitrogen and oxygen atoms in total. The largest absolute Gasteiger partial charge is 0.225 e. The maximum absolute atomic E-state index is 4.24. The summed E-state index contributed by atoms with van der Waals surface area (Å²) in [5, 5.41) is 24.6. The number of hydrogen-bond acceptors (Lipinski definition) is 6. The summed E-state index contributed by atoms with van der Waals surface area (Å²) >= 11 is 0. The minimum absolute atomic E-state index is 0.703. The van der Waals surface area contributed by atoms with Gasteiger partial charge >= 0.3 is 0 Å². The third-order valence-corrected chi connectivity index (χ3v) is 6.86. The molecule has 0 saturated heterocycles. The smallest absolute Gasteiger partial charge is 0.151 e. The highest BCUT2D eigenvalue weighted by atomic mass is 15.5. The van der Waals surface area contributed by atoms with Crippen molar-refractivity contribution in [3.05, 3.63) is 95.6 Å². The van der Waals surface area contributed by atoms with Gasteiger partial charge in [0.1, 0.15) is 0 Å². The van der Waals surface area contributed by atoms with Gasteiger partial charge in [0.25, 0.3) is 0 Å². The highest BCUT2D eigenvalue weighted by Crippen LogP contribution is 2.14. The molecule has 0 amide bonds. The molecule has 38 heavy (non-hydrogen) atoms. The van der Waals surface area contributed by atoms with Crippen molar-refractivity contribution < 1.29 is 0 Å².